The van der Waals surface area contributed by atoms with E-state index in [1.54, 1.807) is 0 Å². The van der Waals surface area contributed by atoms with E-state index < -0.39 is 0 Å². The van der Waals surface area contributed by atoms with Gasteiger partial charge in [-0.15, -0.1) is 0 Å². The fourth-order valence-corrected chi connectivity index (χ4v) is 5.34. The zero-order valence-electron chi connectivity index (χ0n) is 19.0. The van der Waals surface area contributed by atoms with E-state index in [1.165, 1.54) is 66.6 Å². The summed E-state index contributed by atoms with van der Waals surface area (Å²) in [5, 5.41) is 1.23. The van der Waals surface area contributed by atoms with E-state index in [0.717, 1.165) is 17.8 Å². The average molecular weight is 415 g/mol. The van der Waals surface area contributed by atoms with Gasteiger partial charge < -0.3 is 4.42 Å². The zero-order valence-corrected chi connectivity index (χ0v) is 19.0. The molecule has 1 aliphatic carbocycles. The Bertz CT molecular complexity index is 1490. The van der Waals surface area contributed by atoms with Gasteiger partial charge in [-0.1, -0.05) is 89.0 Å². The van der Waals surface area contributed by atoms with E-state index in [1.807, 2.05) is 0 Å². The van der Waals surface area contributed by atoms with Crippen molar-refractivity contribution in [3.63, 3.8) is 0 Å². The van der Waals surface area contributed by atoms with Crippen molar-refractivity contribution in [1.29, 1.82) is 0 Å². The van der Waals surface area contributed by atoms with Gasteiger partial charge >= 0.3 is 0 Å². The molecule has 0 fully saturated rings. The van der Waals surface area contributed by atoms with Crippen LogP contribution in [0.15, 0.2) is 77.2 Å². The highest BCUT2D eigenvalue weighted by atomic mass is 16.3. The van der Waals surface area contributed by atoms with Crippen molar-refractivity contribution in [2.45, 2.75) is 34.1 Å². The zero-order chi connectivity index (χ0) is 22.0. The highest BCUT2D eigenvalue weighted by molar-refractivity contribution is 5.94. The highest BCUT2D eigenvalue weighted by Gasteiger charge is 2.26. The molecule has 1 heteroatoms. The molecule has 0 radical (unpaired) electrons. The summed E-state index contributed by atoms with van der Waals surface area (Å²) in [6.07, 6.45) is 0.930. The Kier molecular flexibility index (Phi) is 4.16. The van der Waals surface area contributed by atoms with Gasteiger partial charge in [0.2, 0.25) is 0 Å². The Morgan fingerprint density at radius 1 is 0.562 bits per heavy atom. The van der Waals surface area contributed by atoms with E-state index >= 15 is 0 Å². The van der Waals surface area contributed by atoms with Gasteiger partial charge in [-0.25, -0.2) is 0 Å². The first-order valence-corrected chi connectivity index (χ1v) is 11.3. The summed E-state index contributed by atoms with van der Waals surface area (Å²) in [4.78, 5) is 0. The molecule has 6 rings (SSSR count). The summed E-state index contributed by atoms with van der Waals surface area (Å²) in [5.41, 5.74) is 15.1. The number of rotatable bonds is 2. The second-order valence-electron chi connectivity index (χ2n) is 9.42. The quantitative estimate of drug-likeness (QED) is 0.276. The van der Waals surface area contributed by atoms with E-state index in [4.69, 9.17) is 4.42 Å². The summed E-state index contributed by atoms with van der Waals surface area (Å²) in [5.74, 6) is 1.04. The summed E-state index contributed by atoms with van der Waals surface area (Å²) in [6.45, 7) is 8.63. The van der Waals surface area contributed by atoms with E-state index in [0.29, 0.717) is 0 Å². The first-order valence-electron chi connectivity index (χ1n) is 11.3. The summed E-state index contributed by atoms with van der Waals surface area (Å²) >= 11 is 0. The number of fused-ring (bicyclic) bond motifs is 5. The second-order valence-corrected chi connectivity index (χ2v) is 9.42. The lowest BCUT2D eigenvalue weighted by atomic mass is 9.97. The lowest BCUT2D eigenvalue weighted by molar-refractivity contribution is 0.631. The normalized spacial score (nSPS) is 12.2. The van der Waals surface area contributed by atoms with Crippen LogP contribution < -0.4 is 0 Å². The van der Waals surface area contributed by atoms with Crippen LogP contribution in [0.5, 0.6) is 0 Å². The molecule has 0 unspecified atom stereocenters. The Morgan fingerprint density at radius 3 is 1.75 bits per heavy atom. The number of hydrogen-bond donors (Lipinski definition) is 0. The Hall–Kier alpha value is -3.58. The molecule has 1 heterocycles. The highest BCUT2D eigenvalue weighted by Crippen LogP contribution is 2.44. The molecule has 0 aliphatic heterocycles. The Balaban J connectivity index is 1.42. The number of aryl methyl sites for hydroxylation is 4. The molecule has 5 aromatic rings. The topological polar surface area (TPSA) is 13.1 Å². The minimum absolute atomic E-state index is 0.930. The summed E-state index contributed by atoms with van der Waals surface area (Å²) in [7, 11) is 0. The fraction of sp³-hybridized carbons (Fsp3) is 0.161. The molecule has 4 aromatic carbocycles. The maximum Gasteiger partial charge on any atom is 0.139 e. The summed E-state index contributed by atoms with van der Waals surface area (Å²) in [6, 6.07) is 27.0. The Labute approximate surface area is 189 Å². The van der Waals surface area contributed by atoms with Crippen molar-refractivity contribution in [2.24, 2.45) is 0 Å². The van der Waals surface area contributed by atoms with Crippen LogP contribution in [0.3, 0.4) is 0 Å². The van der Waals surface area contributed by atoms with Crippen molar-refractivity contribution in [3.05, 3.63) is 106 Å². The van der Waals surface area contributed by atoms with Crippen molar-refractivity contribution >= 4 is 11.0 Å². The third-order valence-electron chi connectivity index (χ3n) is 6.62. The van der Waals surface area contributed by atoms with Crippen LogP contribution in [-0.2, 0) is 6.42 Å². The Morgan fingerprint density at radius 2 is 1.12 bits per heavy atom. The van der Waals surface area contributed by atoms with E-state index in [2.05, 4.69) is 100 Å². The molecule has 0 atom stereocenters. The molecule has 0 amide bonds. The molecule has 1 aliphatic rings. The molecule has 156 valence electrons. The maximum atomic E-state index is 6.44. The first-order chi connectivity index (χ1) is 15.4. The molecule has 1 nitrogen and oxygen atoms in total. The largest absolute Gasteiger partial charge is 0.456 e. The van der Waals surface area contributed by atoms with Gasteiger partial charge in [-0.2, -0.15) is 0 Å². The van der Waals surface area contributed by atoms with Crippen LogP contribution in [0.4, 0.5) is 0 Å². The number of hydrogen-bond acceptors (Lipinski definition) is 1. The maximum absolute atomic E-state index is 6.44. The second kappa shape index (κ2) is 6.97. The third-order valence-corrected chi connectivity index (χ3v) is 6.62. The number of furan rings is 1. The van der Waals surface area contributed by atoms with Gasteiger partial charge in [0.05, 0.1) is 0 Å². The van der Waals surface area contributed by atoms with Crippen molar-refractivity contribution < 1.29 is 4.42 Å². The van der Waals surface area contributed by atoms with Crippen LogP contribution >= 0.6 is 0 Å². The minimum atomic E-state index is 0.930. The predicted octanol–water partition coefficient (Wildman–Crippen LogP) is 8.57. The smallest absolute Gasteiger partial charge is 0.139 e. The molecule has 0 saturated heterocycles. The van der Waals surface area contributed by atoms with Crippen molar-refractivity contribution in [2.75, 3.05) is 0 Å². The molecular formula is C31H26O. The van der Waals surface area contributed by atoms with Crippen LogP contribution in [-0.4, -0.2) is 0 Å². The van der Waals surface area contributed by atoms with Crippen LogP contribution in [0.25, 0.3) is 44.5 Å². The van der Waals surface area contributed by atoms with Crippen molar-refractivity contribution in [3.8, 4) is 33.6 Å². The van der Waals surface area contributed by atoms with Crippen LogP contribution in [0.2, 0.25) is 0 Å². The van der Waals surface area contributed by atoms with Crippen LogP contribution in [0.1, 0.15) is 33.4 Å². The van der Waals surface area contributed by atoms with Gasteiger partial charge in [-0.05, 0) is 61.6 Å². The van der Waals surface area contributed by atoms with Gasteiger partial charge in [0.1, 0.15) is 11.3 Å². The standard InChI is InChI=1S/C31H26O/c1-18-9-19(2)12-24(11-18)22-5-7-27-26(15-22)16-29-28-8-6-23(17-30(28)32-31(27)29)25-13-20(3)10-21(4)14-25/h5-15,17H,16H2,1-4H3. The predicted molar refractivity (Wildman–Crippen MR) is 134 cm³/mol. The molecule has 0 spiro atoms. The minimum Gasteiger partial charge on any atom is -0.456 e. The fourth-order valence-electron chi connectivity index (χ4n) is 5.34. The van der Waals surface area contributed by atoms with Gasteiger partial charge in [0.25, 0.3) is 0 Å². The third kappa shape index (κ3) is 3.08. The molecular weight excluding hydrogens is 388 g/mol. The molecule has 0 bridgehead atoms. The lowest BCUT2D eigenvalue weighted by Crippen LogP contribution is -1.87. The van der Waals surface area contributed by atoms with Gasteiger partial charge in [0.15, 0.2) is 0 Å². The molecule has 0 N–H and O–H groups in total. The SMILES string of the molecule is Cc1cc(C)cc(-c2ccc3c(c2)Cc2c-3oc3cc(-c4cc(C)cc(C)c4)ccc23)c1. The molecule has 1 aromatic heterocycles. The average Bonchev–Trinajstić information content (AvgIpc) is 3.27. The summed E-state index contributed by atoms with van der Waals surface area (Å²) < 4.78 is 6.44. The lowest BCUT2D eigenvalue weighted by Gasteiger charge is -2.08. The first kappa shape index (κ1) is 19.1. The van der Waals surface area contributed by atoms with Gasteiger partial charge in [-0.3, -0.25) is 0 Å². The van der Waals surface area contributed by atoms with Crippen molar-refractivity contribution in [1.82, 2.24) is 0 Å². The van der Waals surface area contributed by atoms with Crippen LogP contribution in [0, 0.1) is 27.7 Å². The molecule has 32 heavy (non-hydrogen) atoms. The van der Waals surface area contributed by atoms with E-state index in [9.17, 15) is 0 Å². The van der Waals surface area contributed by atoms with E-state index in [-0.39, 0.29) is 0 Å². The number of benzene rings is 4. The monoisotopic (exact) mass is 414 g/mol. The molecule has 0 saturated carbocycles. The van der Waals surface area contributed by atoms with Gasteiger partial charge in [0, 0.05) is 22.9 Å².